The molecule has 0 bridgehead atoms. The Morgan fingerprint density at radius 1 is 1.29 bits per heavy atom. The third-order valence-electron chi connectivity index (χ3n) is 4.51. The number of thioether (sulfide) groups is 1. The largest absolute Gasteiger partial charge is 0.375 e. The molecule has 0 aromatic heterocycles. The quantitative estimate of drug-likeness (QED) is 0.845. The summed E-state index contributed by atoms with van der Waals surface area (Å²) in [5.41, 5.74) is 1.28. The fourth-order valence-electron chi connectivity index (χ4n) is 3.20. The van der Waals surface area contributed by atoms with Gasteiger partial charge in [-0.1, -0.05) is 36.4 Å². The molecule has 1 N–H and O–H groups in total. The molecule has 1 aliphatic heterocycles. The zero-order chi connectivity index (χ0) is 14.5. The minimum absolute atomic E-state index is 0.706. The predicted octanol–water partition coefficient (Wildman–Crippen LogP) is 3.37. The number of aliphatic imine (C=N–C) groups is 1. The number of fused-ring (bicyclic) bond motifs is 1. The highest BCUT2D eigenvalue weighted by molar-refractivity contribution is 8.13. The highest BCUT2D eigenvalue weighted by atomic mass is 32.2. The van der Waals surface area contributed by atoms with Crippen molar-refractivity contribution in [1.82, 2.24) is 5.32 Å². The van der Waals surface area contributed by atoms with Crippen LogP contribution in [0.4, 0.5) is 5.69 Å². The molecule has 2 unspecified atom stereocenters. The van der Waals surface area contributed by atoms with Crippen molar-refractivity contribution in [3.05, 3.63) is 30.3 Å². The highest BCUT2D eigenvalue weighted by Gasteiger charge is 2.31. The maximum Gasteiger partial charge on any atom is 0.156 e. The van der Waals surface area contributed by atoms with Crippen LogP contribution in [0, 0.1) is 5.92 Å². The van der Waals surface area contributed by atoms with E-state index in [-0.39, 0.29) is 0 Å². The molecule has 1 aromatic rings. The van der Waals surface area contributed by atoms with Gasteiger partial charge in [0.2, 0.25) is 0 Å². The fraction of sp³-hybridized carbons (Fsp3) is 0.588. The number of para-hydroxylation sites is 1. The lowest BCUT2D eigenvalue weighted by Gasteiger charge is -2.28. The molecule has 1 heterocycles. The van der Waals surface area contributed by atoms with Crippen LogP contribution in [0.2, 0.25) is 0 Å². The van der Waals surface area contributed by atoms with Gasteiger partial charge in [-0.25, -0.2) is 0 Å². The molecule has 1 aliphatic carbocycles. The first kappa shape index (κ1) is 14.8. The number of hydrogen-bond acceptors (Lipinski definition) is 3. The van der Waals surface area contributed by atoms with Crippen LogP contribution < -0.4 is 10.2 Å². The molecule has 3 nitrogen and oxygen atoms in total. The predicted molar refractivity (Wildman–Crippen MR) is 93.4 cm³/mol. The molecule has 114 valence electrons. The van der Waals surface area contributed by atoms with Crippen LogP contribution in [-0.4, -0.2) is 37.1 Å². The molecule has 1 aromatic carbocycles. The second-order valence-electron chi connectivity index (χ2n) is 6.05. The van der Waals surface area contributed by atoms with Gasteiger partial charge in [0.05, 0.1) is 0 Å². The van der Waals surface area contributed by atoms with Crippen LogP contribution in [0.15, 0.2) is 35.3 Å². The molecule has 1 saturated carbocycles. The van der Waals surface area contributed by atoms with Gasteiger partial charge in [0.25, 0.3) is 0 Å². The number of hydrogen-bond donors (Lipinski definition) is 1. The van der Waals surface area contributed by atoms with E-state index in [1.807, 2.05) is 11.8 Å². The topological polar surface area (TPSA) is 27.6 Å². The normalized spacial score (nSPS) is 26.4. The molecule has 0 spiro atoms. The molecule has 1 saturated heterocycles. The summed E-state index contributed by atoms with van der Waals surface area (Å²) in [5.74, 6) is 2.15. The number of nitrogens with one attached hydrogen (secondary N) is 1. The van der Waals surface area contributed by atoms with Crippen molar-refractivity contribution in [2.24, 2.45) is 10.9 Å². The lowest BCUT2D eigenvalue weighted by Crippen LogP contribution is -2.41. The van der Waals surface area contributed by atoms with Crippen molar-refractivity contribution in [2.75, 3.05) is 30.8 Å². The van der Waals surface area contributed by atoms with Gasteiger partial charge >= 0.3 is 0 Å². The monoisotopic (exact) mass is 303 g/mol. The van der Waals surface area contributed by atoms with Gasteiger partial charge in [0.1, 0.15) is 0 Å². The van der Waals surface area contributed by atoms with Crippen LogP contribution in [0.1, 0.15) is 25.7 Å². The molecule has 3 rings (SSSR count). The first-order valence-corrected chi connectivity index (χ1v) is 9.01. The van der Waals surface area contributed by atoms with Crippen molar-refractivity contribution in [1.29, 1.82) is 0 Å². The van der Waals surface area contributed by atoms with Crippen molar-refractivity contribution in [3.63, 3.8) is 0 Å². The standard InChI is InChI=1S/C17H25N3S/c1-20(15-8-3-2-4-9-15)12-6-11-18-17-19-16-10-5-7-14(16)13-21-17/h2-4,8-9,14,16H,5-7,10-13H2,1H3,(H,18,19). The van der Waals surface area contributed by atoms with E-state index in [2.05, 4.69) is 47.6 Å². The van der Waals surface area contributed by atoms with E-state index in [1.54, 1.807) is 0 Å². The van der Waals surface area contributed by atoms with Crippen LogP contribution in [0.3, 0.4) is 0 Å². The van der Waals surface area contributed by atoms with Crippen LogP contribution in [0.5, 0.6) is 0 Å². The van der Waals surface area contributed by atoms with Gasteiger partial charge in [-0.15, -0.1) is 0 Å². The number of benzene rings is 1. The van der Waals surface area contributed by atoms with E-state index in [1.165, 1.54) is 35.9 Å². The van der Waals surface area contributed by atoms with Crippen molar-refractivity contribution >= 4 is 22.6 Å². The smallest absolute Gasteiger partial charge is 0.156 e. The molecule has 0 radical (unpaired) electrons. The third-order valence-corrected chi connectivity index (χ3v) is 5.62. The third kappa shape index (κ3) is 3.94. The molecular weight excluding hydrogens is 278 g/mol. The maximum atomic E-state index is 4.75. The Morgan fingerprint density at radius 3 is 3.00 bits per heavy atom. The number of anilines is 1. The van der Waals surface area contributed by atoms with E-state index in [0.717, 1.165) is 25.4 Å². The van der Waals surface area contributed by atoms with Gasteiger partial charge in [-0.2, -0.15) is 0 Å². The molecule has 21 heavy (non-hydrogen) atoms. The summed E-state index contributed by atoms with van der Waals surface area (Å²) >= 11 is 1.92. The zero-order valence-electron chi connectivity index (χ0n) is 12.8. The number of amidine groups is 1. The minimum Gasteiger partial charge on any atom is -0.375 e. The Hall–Kier alpha value is -1.16. The average Bonchev–Trinajstić information content (AvgIpc) is 3.00. The van der Waals surface area contributed by atoms with Crippen molar-refractivity contribution in [2.45, 2.75) is 31.7 Å². The second kappa shape index (κ2) is 7.21. The lowest BCUT2D eigenvalue weighted by molar-refractivity contribution is 0.489. The Labute approximate surface area is 132 Å². The fourth-order valence-corrected chi connectivity index (χ4v) is 4.39. The van der Waals surface area contributed by atoms with Gasteiger partial charge in [-0.05, 0) is 37.3 Å². The van der Waals surface area contributed by atoms with Gasteiger partial charge in [0, 0.05) is 37.6 Å². The number of rotatable bonds is 5. The maximum absolute atomic E-state index is 4.75. The highest BCUT2D eigenvalue weighted by Crippen LogP contribution is 2.32. The van der Waals surface area contributed by atoms with Gasteiger partial charge < -0.3 is 10.2 Å². The van der Waals surface area contributed by atoms with E-state index >= 15 is 0 Å². The van der Waals surface area contributed by atoms with Crippen LogP contribution in [-0.2, 0) is 0 Å². The van der Waals surface area contributed by atoms with E-state index in [9.17, 15) is 0 Å². The summed E-state index contributed by atoms with van der Waals surface area (Å²) in [5, 5.41) is 4.82. The summed E-state index contributed by atoms with van der Waals surface area (Å²) < 4.78 is 0. The first-order chi connectivity index (χ1) is 10.3. The molecule has 2 fully saturated rings. The first-order valence-electron chi connectivity index (χ1n) is 8.03. The molecule has 2 aliphatic rings. The Kier molecular flexibility index (Phi) is 5.07. The van der Waals surface area contributed by atoms with Crippen LogP contribution >= 0.6 is 11.8 Å². The van der Waals surface area contributed by atoms with Crippen LogP contribution in [0.25, 0.3) is 0 Å². The summed E-state index contributed by atoms with van der Waals surface area (Å²) in [7, 11) is 2.15. The second-order valence-corrected chi connectivity index (χ2v) is 7.06. The average molecular weight is 303 g/mol. The molecule has 0 amide bonds. The summed E-state index contributed by atoms with van der Waals surface area (Å²) in [6.07, 6.45) is 5.23. The SMILES string of the molecule is CN(CCCN=C1NC2CCCC2CS1)c1ccccc1. The number of nitrogens with zero attached hydrogens (tertiary/aromatic N) is 2. The Balaban J connectivity index is 1.40. The van der Waals surface area contributed by atoms with Crippen molar-refractivity contribution < 1.29 is 0 Å². The summed E-state index contributed by atoms with van der Waals surface area (Å²) in [6.45, 7) is 1.97. The minimum atomic E-state index is 0.706. The zero-order valence-corrected chi connectivity index (χ0v) is 13.6. The molecular formula is C17H25N3S. The van der Waals surface area contributed by atoms with Gasteiger partial charge in [-0.3, -0.25) is 4.99 Å². The van der Waals surface area contributed by atoms with Crippen molar-refractivity contribution in [3.8, 4) is 0 Å². The Morgan fingerprint density at radius 2 is 2.14 bits per heavy atom. The molecule has 4 heteroatoms. The molecule has 2 atom stereocenters. The summed E-state index contributed by atoms with van der Waals surface area (Å²) in [6, 6.07) is 11.3. The van der Waals surface area contributed by atoms with E-state index < -0.39 is 0 Å². The van der Waals surface area contributed by atoms with E-state index in [0.29, 0.717) is 6.04 Å². The summed E-state index contributed by atoms with van der Waals surface area (Å²) in [4.78, 5) is 7.05. The Bertz CT molecular complexity index is 474. The lowest BCUT2D eigenvalue weighted by atomic mass is 10.1. The van der Waals surface area contributed by atoms with Gasteiger partial charge in [0.15, 0.2) is 5.17 Å². The van der Waals surface area contributed by atoms with E-state index in [4.69, 9.17) is 4.99 Å².